The van der Waals surface area contributed by atoms with Crippen LogP contribution in [0, 0.1) is 11.2 Å². The van der Waals surface area contributed by atoms with E-state index in [0.29, 0.717) is 16.8 Å². The van der Waals surface area contributed by atoms with Crippen molar-refractivity contribution < 1.29 is 9.13 Å². The second kappa shape index (κ2) is 6.20. The van der Waals surface area contributed by atoms with Gasteiger partial charge in [0.25, 0.3) is 0 Å². The van der Waals surface area contributed by atoms with Crippen molar-refractivity contribution in [2.75, 3.05) is 32.8 Å². The lowest BCUT2D eigenvalue weighted by molar-refractivity contribution is 0.219. The van der Waals surface area contributed by atoms with Crippen molar-refractivity contribution >= 4 is 15.9 Å². The van der Waals surface area contributed by atoms with Crippen LogP contribution in [0.4, 0.5) is 4.39 Å². The highest BCUT2D eigenvalue weighted by Gasteiger charge is 2.31. The molecule has 1 aromatic rings. The van der Waals surface area contributed by atoms with E-state index in [9.17, 15) is 4.39 Å². The molecule has 1 saturated heterocycles. The molecule has 5 heteroatoms. The van der Waals surface area contributed by atoms with Crippen molar-refractivity contribution in [2.24, 2.45) is 11.1 Å². The molecule has 0 aromatic heterocycles. The Labute approximate surface area is 122 Å². The summed E-state index contributed by atoms with van der Waals surface area (Å²) in [5.41, 5.74) is 6.02. The van der Waals surface area contributed by atoms with E-state index in [1.54, 1.807) is 6.07 Å². The Kier molecular flexibility index (Phi) is 4.81. The number of likely N-dealkylation sites (tertiary alicyclic amines) is 1. The fourth-order valence-electron chi connectivity index (χ4n) is 2.39. The van der Waals surface area contributed by atoms with Gasteiger partial charge in [-0.2, -0.15) is 0 Å². The van der Waals surface area contributed by atoms with Crippen molar-refractivity contribution in [1.82, 2.24) is 4.90 Å². The summed E-state index contributed by atoms with van der Waals surface area (Å²) in [6.45, 7) is 6.43. The number of ether oxygens (including phenoxy) is 1. The van der Waals surface area contributed by atoms with Crippen LogP contribution >= 0.6 is 15.9 Å². The quantitative estimate of drug-likeness (QED) is 0.901. The zero-order valence-corrected chi connectivity index (χ0v) is 12.7. The third kappa shape index (κ3) is 4.16. The van der Waals surface area contributed by atoms with Crippen LogP contribution in [0.15, 0.2) is 22.7 Å². The lowest BCUT2D eigenvalue weighted by Crippen LogP contribution is -2.33. The molecule has 0 saturated carbocycles. The maximum atomic E-state index is 13.2. The molecule has 19 heavy (non-hydrogen) atoms. The molecule has 3 nitrogen and oxygen atoms in total. The standard InChI is InChI=1S/C14H20BrFN2O/c1-14(9-17)2-3-18(10-14)4-5-19-13-7-11(15)6-12(16)8-13/h6-8H,2-5,9-10,17H2,1H3. The fraction of sp³-hybridized carbons (Fsp3) is 0.571. The fourth-order valence-corrected chi connectivity index (χ4v) is 2.83. The molecule has 2 rings (SSSR count). The first kappa shape index (κ1) is 14.8. The van der Waals surface area contributed by atoms with Crippen LogP contribution in [0.3, 0.4) is 0 Å². The molecule has 0 bridgehead atoms. The molecule has 106 valence electrons. The van der Waals surface area contributed by atoms with Crippen LogP contribution in [-0.2, 0) is 0 Å². The summed E-state index contributed by atoms with van der Waals surface area (Å²) >= 11 is 3.25. The Morgan fingerprint density at radius 2 is 2.26 bits per heavy atom. The van der Waals surface area contributed by atoms with Gasteiger partial charge < -0.3 is 10.5 Å². The highest BCUT2D eigenvalue weighted by molar-refractivity contribution is 9.10. The molecule has 1 aliphatic heterocycles. The molecule has 0 aliphatic carbocycles. The molecule has 2 N–H and O–H groups in total. The summed E-state index contributed by atoms with van der Waals surface area (Å²) in [6, 6.07) is 4.59. The van der Waals surface area contributed by atoms with Gasteiger partial charge in [-0.3, -0.25) is 4.90 Å². The number of halogens is 2. The van der Waals surface area contributed by atoms with Gasteiger partial charge in [0.2, 0.25) is 0 Å². The van der Waals surface area contributed by atoms with Crippen LogP contribution in [-0.4, -0.2) is 37.7 Å². The van der Waals surface area contributed by atoms with Crippen molar-refractivity contribution in [3.63, 3.8) is 0 Å². The summed E-state index contributed by atoms with van der Waals surface area (Å²) in [4.78, 5) is 2.35. The number of hydrogen-bond donors (Lipinski definition) is 1. The van der Waals surface area contributed by atoms with Gasteiger partial charge in [0.05, 0.1) is 0 Å². The van der Waals surface area contributed by atoms with E-state index in [1.807, 2.05) is 0 Å². The zero-order chi connectivity index (χ0) is 13.9. The van der Waals surface area contributed by atoms with Crippen LogP contribution in [0.2, 0.25) is 0 Å². The van der Waals surface area contributed by atoms with Crippen molar-refractivity contribution in [2.45, 2.75) is 13.3 Å². The van der Waals surface area contributed by atoms with Crippen molar-refractivity contribution in [1.29, 1.82) is 0 Å². The van der Waals surface area contributed by atoms with Crippen molar-refractivity contribution in [3.8, 4) is 5.75 Å². The molecule has 1 unspecified atom stereocenters. The van der Waals surface area contributed by atoms with Gasteiger partial charge in [0.15, 0.2) is 0 Å². The average Bonchev–Trinajstić information content (AvgIpc) is 2.71. The monoisotopic (exact) mass is 330 g/mol. The molecular weight excluding hydrogens is 311 g/mol. The van der Waals surface area contributed by atoms with E-state index in [-0.39, 0.29) is 11.2 Å². The first-order chi connectivity index (χ1) is 9.00. The Bertz CT molecular complexity index is 423. The summed E-state index contributed by atoms with van der Waals surface area (Å²) < 4.78 is 19.5. The van der Waals surface area contributed by atoms with Gasteiger partial charge in [0, 0.05) is 23.6 Å². The first-order valence-electron chi connectivity index (χ1n) is 6.52. The minimum absolute atomic E-state index is 0.238. The van der Waals surface area contributed by atoms with Crippen molar-refractivity contribution in [3.05, 3.63) is 28.5 Å². The van der Waals surface area contributed by atoms with Gasteiger partial charge in [-0.05, 0) is 37.1 Å². The van der Waals surface area contributed by atoms with E-state index in [1.165, 1.54) is 12.1 Å². The van der Waals surface area contributed by atoms with E-state index in [2.05, 4.69) is 27.8 Å². The second-order valence-electron chi connectivity index (χ2n) is 5.49. The van der Waals surface area contributed by atoms with E-state index >= 15 is 0 Å². The van der Waals surface area contributed by atoms with Crippen LogP contribution < -0.4 is 10.5 Å². The molecule has 0 spiro atoms. The number of benzene rings is 1. The summed E-state index contributed by atoms with van der Waals surface area (Å²) in [7, 11) is 0. The molecule has 0 amide bonds. The molecule has 1 aliphatic rings. The lowest BCUT2D eigenvalue weighted by Gasteiger charge is -2.22. The van der Waals surface area contributed by atoms with E-state index in [0.717, 1.165) is 32.6 Å². The van der Waals surface area contributed by atoms with Crippen LogP contribution in [0.5, 0.6) is 5.75 Å². The third-order valence-corrected chi connectivity index (χ3v) is 4.10. The second-order valence-corrected chi connectivity index (χ2v) is 6.41. The smallest absolute Gasteiger partial charge is 0.128 e. The van der Waals surface area contributed by atoms with E-state index in [4.69, 9.17) is 10.5 Å². The minimum Gasteiger partial charge on any atom is -0.492 e. The lowest BCUT2D eigenvalue weighted by atomic mass is 9.90. The number of rotatable bonds is 5. The molecular formula is C14H20BrFN2O. The maximum absolute atomic E-state index is 13.2. The molecule has 0 radical (unpaired) electrons. The van der Waals surface area contributed by atoms with Crippen LogP contribution in [0.1, 0.15) is 13.3 Å². The summed E-state index contributed by atoms with van der Waals surface area (Å²) in [5, 5.41) is 0. The topological polar surface area (TPSA) is 38.5 Å². The van der Waals surface area contributed by atoms with Gasteiger partial charge in [-0.15, -0.1) is 0 Å². The first-order valence-corrected chi connectivity index (χ1v) is 7.31. The minimum atomic E-state index is -0.291. The van der Waals surface area contributed by atoms with Gasteiger partial charge in [0.1, 0.15) is 18.2 Å². The SMILES string of the molecule is CC1(CN)CCN(CCOc2cc(F)cc(Br)c2)C1. The Balaban J connectivity index is 1.78. The predicted molar refractivity (Wildman–Crippen MR) is 77.8 cm³/mol. The van der Waals surface area contributed by atoms with Crippen LogP contribution in [0.25, 0.3) is 0 Å². The third-order valence-electron chi connectivity index (χ3n) is 3.64. The highest BCUT2D eigenvalue weighted by Crippen LogP contribution is 2.28. The largest absolute Gasteiger partial charge is 0.492 e. The summed E-state index contributed by atoms with van der Waals surface area (Å²) in [5.74, 6) is 0.272. The predicted octanol–water partition coefficient (Wildman–Crippen LogP) is 2.64. The zero-order valence-electron chi connectivity index (χ0n) is 11.2. The van der Waals surface area contributed by atoms with Gasteiger partial charge in [-0.1, -0.05) is 22.9 Å². The molecule has 1 aromatic carbocycles. The average molecular weight is 331 g/mol. The summed E-state index contributed by atoms with van der Waals surface area (Å²) in [6.07, 6.45) is 1.13. The van der Waals surface area contributed by atoms with E-state index < -0.39 is 0 Å². The Morgan fingerprint density at radius 3 is 2.89 bits per heavy atom. The number of nitrogens with two attached hydrogens (primary N) is 1. The van der Waals surface area contributed by atoms with Gasteiger partial charge >= 0.3 is 0 Å². The molecule has 1 atom stereocenters. The number of hydrogen-bond acceptors (Lipinski definition) is 3. The molecule has 1 heterocycles. The highest BCUT2D eigenvalue weighted by atomic mass is 79.9. The maximum Gasteiger partial charge on any atom is 0.128 e. The van der Waals surface area contributed by atoms with Gasteiger partial charge in [-0.25, -0.2) is 4.39 Å². The molecule has 1 fully saturated rings. The number of nitrogens with zero attached hydrogens (tertiary/aromatic N) is 1. The normalized spacial score (nSPS) is 23.8. The Hall–Kier alpha value is -0.650. The Morgan fingerprint density at radius 1 is 1.47 bits per heavy atom.